The second-order valence-corrected chi connectivity index (χ2v) is 6.27. The Morgan fingerprint density at radius 2 is 1.79 bits per heavy atom. The molecule has 0 radical (unpaired) electrons. The van der Waals surface area contributed by atoms with Crippen LogP contribution >= 0.6 is 0 Å². The first kappa shape index (κ1) is 19.7. The van der Waals surface area contributed by atoms with Crippen molar-refractivity contribution in [2.45, 2.75) is 32.5 Å². The van der Waals surface area contributed by atoms with Gasteiger partial charge in [0.25, 0.3) is 5.91 Å². The van der Waals surface area contributed by atoms with E-state index in [0.717, 1.165) is 17.6 Å². The fraction of sp³-hybridized carbons (Fsp3) is 0.278. The average molecular weight is 400 g/mol. The number of aromatic nitrogens is 1. The van der Waals surface area contributed by atoms with E-state index < -0.39 is 52.1 Å². The number of fused-ring (bicyclic) bond motifs is 1. The van der Waals surface area contributed by atoms with Crippen LogP contribution in [-0.2, 0) is 23.9 Å². The van der Waals surface area contributed by atoms with Crippen LogP contribution in [0.3, 0.4) is 0 Å². The first-order chi connectivity index (χ1) is 13.0. The molecule has 1 N–H and O–H groups in total. The van der Waals surface area contributed by atoms with Crippen molar-refractivity contribution in [2.75, 3.05) is 5.32 Å². The Hall–Kier alpha value is -3.04. The zero-order valence-electron chi connectivity index (χ0n) is 14.4. The highest BCUT2D eigenvalue weighted by molar-refractivity contribution is 6.43. The molecule has 10 heteroatoms. The van der Waals surface area contributed by atoms with Crippen LogP contribution in [0.2, 0.25) is 0 Å². The molecule has 0 aliphatic carbocycles. The third-order valence-electron chi connectivity index (χ3n) is 4.39. The molecule has 1 aromatic heterocycles. The summed E-state index contributed by atoms with van der Waals surface area (Å²) >= 11 is 0. The van der Waals surface area contributed by atoms with Crippen molar-refractivity contribution in [3.8, 4) is 0 Å². The smallest absolute Gasteiger partial charge is 0.340 e. The van der Waals surface area contributed by atoms with Gasteiger partial charge in [0.1, 0.15) is 5.69 Å². The minimum atomic E-state index is -5.08. The van der Waals surface area contributed by atoms with E-state index >= 15 is 0 Å². The van der Waals surface area contributed by atoms with Crippen molar-refractivity contribution in [2.24, 2.45) is 0 Å². The van der Waals surface area contributed by atoms with Crippen LogP contribution in [0, 0.1) is 11.6 Å². The molecular formula is C18H13F5N2O3. The number of hydrogen-bond acceptors (Lipinski definition) is 3. The zero-order valence-corrected chi connectivity index (χ0v) is 14.4. The number of amides is 1. The minimum Gasteiger partial charge on any atom is -0.340 e. The van der Waals surface area contributed by atoms with Crippen molar-refractivity contribution in [1.82, 2.24) is 4.57 Å². The maximum Gasteiger partial charge on any atom is 0.419 e. The van der Waals surface area contributed by atoms with Gasteiger partial charge in [-0.3, -0.25) is 14.4 Å². The summed E-state index contributed by atoms with van der Waals surface area (Å²) in [5, 5.41) is 2.09. The molecule has 2 heterocycles. The fourth-order valence-electron chi connectivity index (χ4n) is 3.27. The first-order valence-corrected chi connectivity index (χ1v) is 8.16. The molecule has 1 aliphatic heterocycles. The number of benzene rings is 1. The number of hydrogen-bond donors (Lipinski definition) is 1. The van der Waals surface area contributed by atoms with Crippen LogP contribution < -0.4 is 5.32 Å². The Balaban J connectivity index is 2.15. The molecule has 0 spiro atoms. The molecule has 2 aromatic rings. The van der Waals surface area contributed by atoms with Crippen molar-refractivity contribution in [3.63, 3.8) is 0 Å². The standard InChI is InChI=1S/C18H13F5N2O3/c1-8(26)16(27)15-14(18(21,22)23)13(12-3-2-6-25(12)15)17(28)24-9-4-5-10(19)11(20)7-9/h4-5,7H,2-3,6H2,1H3,(H,24,28). The van der Waals surface area contributed by atoms with Gasteiger partial charge < -0.3 is 9.88 Å². The SMILES string of the molecule is CC(=O)C(=O)c1c(C(F)(F)F)c(C(=O)Nc2ccc(F)c(F)c2)c2n1CCC2. The van der Waals surface area contributed by atoms with Crippen LogP contribution in [0.25, 0.3) is 0 Å². The lowest BCUT2D eigenvalue weighted by atomic mass is 10.0. The van der Waals surface area contributed by atoms with Crippen molar-refractivity contribution in [3.05, 3.63) is 52.3 Å². The highest BCUT2D eigenvalue weighted by atomic mass is 19.4. The molecule has 148 valence electrons. The number of halogens is 5. The lowest BCUT2D eigenvalue weighted by Crippen LogP contribution is -2.23. The number of nitrogens with one attached hydrogen (secondary N) is 1. The predicted octanol–water partition coefficient (Wildman–Crippen LogP) is 3.76. The monoisotopic (exact) mass is 400 g/mol. The van der Waals surface area contributed by atoms with E-state index in [-0.39, 0.29) is 24.3 Å². The molecule has 0 saturated heterocycles. The molecule has 28 heavy (non-hydrogen) atoms. The number of carbonyl (C=O) groups is 3. The minimum absolute atomic E-state index is 0.0305. The molecule has 0 bridgehead atoms. The molecule has 1 aliphatic rings. The van der Waals surface area contributed by atoms with Gasteiger partial charge in [-0.05, 0) is 25.0 Å². The van der Waals surface area contributed by atoms with E-state index in [1.807, 2.05) is 0 Å². The molecule has 0 fully saturated rings. The Labute approximate surface area is 155 Å². The molecule has 1 aromatic carbocycles. The molecular weight excluding hydrogens is 387 g/mol. The van der Waals surface area contributed by atoms with Gasteiger partial charge in [-0.25, -0.2) is 8.78 Å². The maximum atomic E-state index is 13.7. The summed E-state index contributed by atoms with van der Waals surface area (Å²) in [5.74, 6) is -6.14. The van der Waals surface area contributed by atoms with Crippen molar-refractivity contribution in [1.29, 1.82) is 0 Å². The summed E-state index contributed by atoms with van der Waals surface area (Å²) in [7, 11) is 0. The largest absolute Gasteiger partial charge is 0.419 e. The average Bonchev–Trinajstić information content (AvgIpc) is 3.16. The van der Waals surface area contributed by atoms with Gasteiger partial charge in [-0.15, -0.1) is 0 Å². The number of Topliss-reactive ketones (excluding diaryl/α,β-unsaturated/α-hetero) is 2. The lowest BCUT2D eigenvalue weighted by molar-refractivity contribution is -0.138. The normalized spacial score (nSPS) is 13.4. The number of anilines is 1. The Morgan fingerprint density at radius 1 is 1.11 bits per heavy atom. The van der Waals surface area contributed by atoms with Gasteiger partial charge in [0.05, 0.1) is 11.1 Å². The van der Waals surface area contributed by atoms with Gasteiger partial charge in [0.15, 0.2) is 11.6 Å². The van der Waals surface area contributed by atoms with Crippen LogP contribution in [0.5, 0.6) is 0 Å². The summed E-state index contributed by atoms with van der Waals surface area (Å²) in [6.07, 6.45) is -4.61. The summed E-state index contributed by atoms with van der Waals surface area (Å²) < 4.78 is 68.6. The summed E-state index contributed by atoms with van der Waals surface area (Å²) in [6.45, 7) is 0.893. The van der Waals surface area contributed by atoms with Crippen LogP contribution in [0.15, 0.2) is 18.2 Å². The highest BCUT2D eigenvalue weighted by Crippen LogP contribution is 2.41. The number of alkyl halides is 3. The maximum absolute atomic E-state index is 13.7. The van der Waals surface area contributed by atoms with Crippen molar-refractivity contribution >= 4 is 23.2 Å². The molecule has 0 saturated carbocycles. The Kier molecular flexibility index (Phi) is 4.82. The quantitative estimate of drug-likeness (QED) is 0.483. The fourth-order valence-corrected chi connectivity index (χ4v) is 3.27. The Bertz CT molecular complexity index is 1010. The molecule has 1 amide bonds. The van der Waals surface area contributed by atoms with E-state index in [0.29, 0.717) is 18.6 Å². The first-order valence-electron chi connectivity index (χ1n) is 8.16. The number of nitrogens with zero attached hydrogens (tertiary/aromatic N) is 1. The van der Waals surface area contributed by atoms with Gasteiger partial charge in [0.2, 0.25) is 11.6 Å². The van der Waals surface area contributed by atoms with E-state index in [9.17, 15) is 36.3 Å². The number of ketones is 2. The predicted molar refractivity (Wildman–Crippen MR) is 87.1 cm³/mol. The van der Waals surface area contributed by atoms with Gasteiger partial charge in [0, 0.05) is 30.9 Å². The summed E-state index contributed by atoms with van der Waals surface area (Å²) in [4.78, 5) is 36.2. The van der Waals surface area contributed by atoms with Gasteiger partial charge >= 0.3 is 6.18 Å². The van der Waals surface area contributed by atoms with Gasteiger partial charge in [-0.2, -0.15) is 13.2 Å². The second-order valence-electron chi connectivity index (χ2n) is 6.27. The van der Waals surface area contributed by atoms with Crippen LogP contribution in [-0.4, -0.2) is 22.0 Å². The Morgan fingerprint density at radius 3 is 2.36 bits per heavy atom. The van der Waals surface area contributed by atoms with E-state index in [2.05, 4.69) is 5.32 Å². The third kappa shape index (κ3) is 3.30. The molecule has 3 rings (SSSR count). The number of carbonyl (C=O) groups excluding carboxylic acids is 3. The molecule has 0 atom stereocenters. The van der Waals surface area contributed by atoms with E-state index in [4.69, 9.17) is 0 Å². The lowest BCUT2D eigenvalue weighted by Gasteiger charge is -2.12. The highest BCUT2D eigenvalue weighted by Gasteiger charge is 2.46. The molecule has 5 nitrogen and oxygen atoms in total. The topological polar surface area (TPSA) is 68.2 Å². The van der Waals surface area contributed by atoms with Crippen LogP contribution in [0.4, 0.5) is 27.6 Å². The number of rotatable bonds is 4. The summed E-state index contributed by atoms with van der Waals surface area (Å²) in [5.41, 5.74) is -3.45. The third-order valence-corrected chi connectivity index (χ3v) is 4.39. The molecule has 0 unspecified atom stereocenters. The van der Waals surface area contributed by atoms with Crippen LogP contribution in [0.1, 0.15) is 45.4 Å². The summed E-state index contributed by atoms with van der Waals surface area (Å²) in [6, 6.07) is 2.32. The van der Waals surface area contributed by atoms with Gasteiger partial charge in [-0.1, -0.05) is 0 Å². The zero-order chi connectivity index (χ0) is 20.8. The second kappa shape index (κ2) is 6.84. The van der Waals surface area contributed by atoms with E-state index in [1.54, 1.807) is 0 Å². The van der Waals surface area contributed by atoms with Crippen molar-refractivity contribution < 1.29 is 36.3 Å². The van der Waals surface area contributed by atoms with E-state index in [1.165, 1.54) is 0 Å².